The Morgan fingerprint density at radius 2 is 2.07 bits per heavy atom. The first kappa shape index (κ1) is 19.9. The molecule has 2 aliphatic rings. The van der Waals surface area contributed by atoms with Crippen LogP contribution >= 0.6 is 19.6 Å². The van der Waals surface area contributed by atoms with Crippen molar-refractivity contribution in [3.05, 3.63) is 30.6 Å². The number of aliphatic hydroxyl groups is 1. The number of benzene rings is 1. The van der Waals surface area contributed by atoms with Gasteiger partial charge in [-0.25, -0.2) is 19.8 Å². The van der Waals surface area contributed by atoms with Crippen LogP contribution in [0.4, 0.5) is 11.5 Å². The van der Waals surface area contributed by atoms with E-state index in [-0.39, 0.29) is 12.4 Å². The summed E-state index contributed by atoms with van der Waals surface area (Å²) in [6.07, 6.45) is -2.31. The molecule has 4 heterocycles. The maximum absolute atomic E-state index is 11.0. The largest absolute Gasteiger partial charge is 0.488 e. The van der Waals surface area contributed by atoms with Gasteiger partial charge in [-0.15, -0.1) is 0 Å². The monoisotopic (exact) mass is 447 g/mol. The number of hydrogen-bond donors (Lipinski definition) is 4. The number of nitrogens with two attached hydrogens (primary N) is 2. The average Bonchev–Trinajstić information content (AvgIpc) is 3.21. The molecule has 2 radical (unpaired) electrons. The fourth-order valence-electron chi connectivity index (χ4n) is 3.46. The second kappa shape index (κ2) is 7.31. The summed E-state index contributed by atoms with van der Waals surface area (Å²) in [6, 6.07) is 7.30. The lowest BCUT2D eigenvalue weighted by atomic mass is 10.1. The molecule has 154 valence electrons. The molecule has 2 unspecified atom stereocenters. The zero-order valence-electron chi connectivity index (χ0n) is 15.4. The van der Waals surface area contributed by atoms with Gasteiger partial charge in [0.1, 0.15) is 25.1 Å². The molecule has 0 amide bonds. The summed E-state index contributed by atoms with van der Waals surface area (Å²) in [7, 11) is 2.09. The van der Waals surface area contributed by atoms with Crippen molar-refractivity contribution in [2.24, 2.45) is 0 Å². The van der Waals surface area contributed by atoms with Crippen LogP contribution in [0, 0.1) is 0 Å². The van der Waals surface area contributed by atoms with E-state index < -0.39 is 32.4 Å². The first-order valence-corrected chi connectivity index (χ1v) is 11.4. The first-order valence-electron chi connectivity index (χ1n) is 8.91. The van der Waals surface area contributed by atoms with Crippen LogP contribution < -0.4 is 11.5 Å². The summed E-state index contributed by atoms with van der Waals surface area (Å²) < 4.78 is 18.1. The van der Waals surface area contributed by atoms with Crippen molar-refractivity contribution in [1.82, 2.24) is 19.5 Å². The van der Waals surface area contributed by atoms with E-state index in [0.29, 0.717) is 22.0 Å². The van der Waals surface area contributed by atoms with Gasteiger partial charge in [0.25, 0.3) is 0 Å². The number of nitrogens with zero attached hydrogens (tertiary/aromatic N) is 4. The highest BCUT2D eigenvalue weighted by Gasteiger charge is 2.57. The van der Waals surface area contributed by atoms with Crippen molar-refractivity contribution in [3.8, 4) is 0 Å². The van der Waals surface area contributed by atoms with E-state index in [1.807, 2.05) is 18.2 Å². The smallest absolute Gasteiger partial charge is 0.398 e. The van der Waals surface area contributed by atoms with E-state index in [0.717, 1.165) is 4.90 Å². The van der Waals surface area contributed by atoms with Crippen LogP contribution in [0.3, 0.4) is 0 Å². The number of para-hydroxylation sites is 1. The van der Waals surface area contributed by atoms with Gasteiger partial charge in [-0.1, -0.05) is 12.1 Å². The Morgan fingerprint density at radius 3 is 2.87 bits per heavy atom. The minimum atomic E-state index is -3.51. The van der Waals surface area contributed by atoms with Crippen molar-refractivity contribution >= 4 is 49.8 Å². The van der Waals surface area contributed by atoms with E-state index in [4.69, 9.17) is 32.8 Å². The van der Waals surface area contributed by atoms with Gasteiger partial charge in [0, 0.05) is 10.6 Å². The molecule has 30 heavy (non-hydrogen) atoms. The average molecular weight is 447 g/mol. The van der Waals surface area contributed by atoms with Crippen LogP contribution in [0.2, 0.25) is 0 Å². The van der Waals surface area contributed by atoms with Crippen LogP contribution in [0.15, 0.2) is 40.6 Å². The molecule has 2 aromatic heterocycles. The SMILES string of the molecule is [B][P+]1(O)OC[C@H]2O[C@@H](n3c(Sc4ccccc4N)nc4c(N)ncnc43)C(O)[C@@H]2O1. The topological polar surface area (TPSA) is 164 Å². The summed E-state index contributed by atoms with van der Waals surface area (Å²) in [6.45, 7) is -0.0170. The number of ether oxygens (including phenoxy) is 1. The zero-order chi connectivity index (χ0) is 21.0. The molecule has 1 aromatic carbocycles. The molecule has 5 rings (SSSR count). The molecule has 2 fully saturated rings. The van der Waals surface area contributed by atoms with Crippen LogP contribution in [-0.4, -0.2) is 62.0 Å². The van der Waals surface area contributed by atoms with Crippen molar-refractivity contribution < 1.29 is 23.8 Å². The minimum Gasteiger partial charge on any atom is -0.398 e. The van der Waals surface area contributed by atoms with Crippen LogP contribution in [0.1, 0.15) is 6.23 Å². The second-order valence-corrected chi connectivity index (χ2v) is 9.43. The lowest BCUT2D eigenvalue weighted by molar-refractivity contribution is -0.0628. The van der Waals surface area contributed by atoms with E-state index in [9.17, 15) is 10.00 Å². The molecule has 0 spiro atoms. The van der Waals surface area contributed by atoms with E-state index >= 15 is 0 Å². The maximum atomic E-state index is 11.0. The fourth-order valence-corrected chi connectivity index (χ4v) is 5.45. The Bertz CT molecular complexity index is 1120. The van der Waals surface area contributed by atoms with Gasteiger partial charge in [-0.2, -0.15) is 9.05 Å². The van der Waals surface area contributed by atoms with Crippen molar-refractivity contribution in [2.75, 3.05) is 18.1 Å². The quantitative estimate of drug-likeness (QED) is 0.253. The van der Waals surface area contributed by atoms with Gasteiger partial charge in [-0.05, 0) is 23.9 Å². The Hall–Kier alpha value is -1.99. The van der Waals surface area contributed by atoms with Crippen molar-refractivity contribution in [2.45, 2.75) is 34.6 Å². The van der Waals surface area contributed by atoms with E-state index in [1.54, 1.807) is 10.6 Å². The number of aromatic nitrogens is 4. The highest BCUT2D eigenvalue weighted by atomic mass is 32.2. The fraction of sp³-hybridized carbons (Fsp3) is 0.312. The summed E-state index contributed by atoms with van der Waals surface area (Å²) in [5.74, 6) is 0.188. The molecular weight excluding hydrogens is 430 g/mol. The van der Waals surface area contributed by atoms with Gasteiger partial charge in [-0.3, -0.25) is 4.57 Å². The van der Waals surface area contributed by atoms with Gasteiger partial charge in [0.05, 0.1) is 0 Å². The lowest BCUT2D eigenvalue weighted by Gasteiger charge is -2.27. The first-order chi connectivity index (χ1) is 14.3. The number of fused-ring (bicyclic) bond motifs is 2. The highest BCUT2D eigenvalue weighted by Crippen LogP contribution is 2.58. The molecular formula is C16H17BN6O5PS+. The van der Waals surface area contributed by atoms with E-state index in [2.05, 4.69) is 15.0 Å². The predicted octanol–water partition coefficient (Wildman–Crippen LogP) is 0.654. The Kier molecular flexibility index (Phi) is 4.86. The molecule has 6 N–H and O–H groups in total. The number of imidazole rings is 1. The summed E-state index contributed by atoms with van der Waals surface area (Å²) >= 11 is 1.27. The number of aliphatic hydroxyl groups excluding tert-OH is 1. The zero-order valence-corrected chi connectivity index (χ0v) is 17.1. The van der Waals surface area contributed by atoms with Crippen LogP contribution in [0.25, 0.3) is 11.2 Å². The van der Waals surface area contributed by atoms with E-state index in [1.165, 1.54) is 18.1 Å². The number of anilines is 2. The third kappa shape index (κ3) is 3.32. The van der Waals surface area contributed by atoms with Gasteiger partial charge in [0.15, 0.2) is 34.5 Å². The summed E-state index contributed by atoms with van der Waals surface area (Å²) in [5, 5.41) is 11.4. The van der Waals surface area contributed by atoms with Crippen LogP contribution in [0.5, 0.6) is 0 Å². The van der Waals surface area contributed by atoms with Crippen molar-refractivity contribution in [3.63, 3.8) is 0 Å². The van der Waals surface area contributed by atoms with Gasteiger partial charge >= 0.3 is 15.4 Å². The Labute approximate surface area is 176 Å². The third-order valence-electron chi connectivity index (χ3n) is 4.85. The number of rotatable bonds is 3. The van der Waals surface area contributed by atoms with Crippen molar-refractivity contribution in [1.29, 1.82) is 0 Å². The highest BCUT2D eigenvalue weighted by molar-refractivity contribution is 7.99. The lowest BCUT2D eigenvalue weighted by Crippen LogP contribution is -2.40. The predicted molar refractivity (Wildman–Crippen MR) is 110 cm³/mol. The maximum Gasteiger partial charge on any atom is 0.488 e. The molecule has 0 aliphatic carbocycles. The molecule has 14 heteroatoms. The molecule has 11 nitrogen and oxygen atoms in total. The molecule has 0 bridgehead atoms. The second-order valence-electron chi connectivity index (χ2n) is 6.82. The summed E-state index contributed by atoms with van der Waals surface area (Å²) in [4.78, 5) is 23.5. The molecule has 5 atom stereocenters. The third-order valence-corrected chi connectivity index (χ3v) is 6.98. The minimum absolute atomic E-state index is 0.0170. The summed E-state index contributed by atoms with van der Waals surface area (Å²) in [5.41, 5.74) is 13.4. The van der Waals surface area contributed by atoms with Crippen LogP contribution in [-0.2, 0) is 13.8 Å². The van der Waals surface area contributed by atoms with Gasteiger partial charge < -0.3 is 21.3 Å². The molecule has 0 saturated carbocycles. The number of nitrogen functional groups attached to an aromatic ring is 2. The number of hydrogen-bond acceptors (Lipinski definition) is 11. The molecule has 3 aromatic rings. The molecule has 2 saturated heterocycles. The standard InChI is InChI=1S/C16H17BN6O5PS/c17-29(25)26-5-8-12(28-29)11(24)15(27-8)23-14-10(13(19)20-6-21-14)22-16(23)30-9-4-2-1-3-7(9)18/h1-4,6,8,11-12,15,24-25H,5,18H2,(H2,19,20,21)/q+1/t8-,11?,12-,15-,29?/m1/s1. The van der Waals surface area contributed by atoms with Gasteiger partial charge in [0.2, 0.25) is 0 Å². The Balaban J connectivity index is 1.60. The normalized spacial score (nSPS) is 31.1. The Morgan fingerprint density at radius 1 is 1.27 bits per heavy atom. The molecule has 2 aliphatic heterocycles.